The molecule has 0 bridgehead atoms. The highest BCUT2D eigenvalue weighted by molar-refractivity contribution is 7.89. The molecule has 4 nitrogen and oxygen atoms in total. The number of nitrogens with zero attached hydrogens (tertiary/aromatic N) is 1. The van der Waals surface area contributed by atoms with Crippen LogP contribution in [0.3, 0.4) is 0 Å². The lowest BCUT2D eigenvalue weighted by molar-refractivity contribution is 0.328. The fourth-order valence-electron chi connectivity index (χ4n) is 3.19. The number of thiophene rings is 1. The maximum atomic E-state index is 13.1. The summed E-state index contributed by atoms with van der Waals surface area (Å²) in [5.41, 5.74) is 0. The lowest BCUT2D eigenvalue weighted by Crippen LogP contribution is -2.39. The summed E-state index contributed by atoms with van der Waals surface area (Å²) in [4.78, 5) is 1.48. The molecule has 3 rings (SSSR count). The molecule has 6 heteroatoms. The van der Waals surface area contributed by atoms with Crippen molar-refractivity contribution in [3.05, 3.63) is 16.3 Å². The molecule has 0 aromatic carbocycles. The number of rotatable bonds is 6. The SMILES string of the molecule is CCC1CCC(C)N1S(=O)(=O)c1ccsc1CNC1CC1. The molecular weight excluding hydrogens is 304 g/mol. The molecule has 21 heavy (non-hydrogen) atoms. The normalized spacial score (nSPS) is 27.3. The van der Waals surface area contributed by atoms with Crippen LogP contribution in [0.5, 0.6) is 0 Å². The van der Waals surface area contributed by atoms with Crippen molar-refractivity contribution in [3.63, 3.8) is 0 Å². The predicted molar refractivity (Wildman–Crippen MR) is 86.0 cm³/mol. The molecule has 0 radical (unpaired) electrons. The third-order valence-electron chi connectivity index (χ3n) is 4.57. The zero-order chi connectivity index (χ0) is 15.0. The van der Waals surface area contributed by atoms with Crippen LogP contribution in [0.2, 0.25) is 0 Å². The van der Waals surface area contributed by atoms with Crippen molar-refractivity contribution in [2.24, 2.45) is 0 Å². The van der Waals surface area contributed by atoms with E-state index in [4.69, 9.17) is 0 Å². The Morgan fingerprint density at radius 3 is 2.76 bits per heavy atom. The quantitative estimate of drug-likeness (QED) is 0.873. The first-order valence-corrected chi connectivity index (χ1v) is 10.2. The highest BCUT2D eigenvalue weighted by Crippen LogP contribution is 2.35. The number of hydrogen-bond acceptors (Lipinski definition) is 4. The van der Waals surface area contributed by atoms with Crippen LogP contribution in [0.25, 0.3) is 0 Å². The molecule has 2 aliphatic rings. The third-order valence-corrected chi connectivity index (χ3v) is 7.77. The lowest BCUT2D eigenvalue weighted by atomic mass is 10.2. The van der Waals surface area contributed by atoms with Crippen LogP contribution in [0, 0.1) is 0 Å². The van der Waals surface area contributed by atoms with Crippen molar-refractivity contribution in [3.8, 4) is 0 Å². The Bertz CT molecular complexity index is 593. The Kier molecular flexibility index (Phi) is 4.41. The van der Waals surface area contributed by atoms with Crippen molar-refractivity contribution in [1.29, 1.82) is 0 Å². The average Bonchev–Trinajstić information content (AvgIpc) is 3.00. The average molecular weight is 329 g/mol. The first-order valence-electron chi connectivity index (χ1n) is 7.87. The van der Waals surface area contributed by atoms with Crippen molar-refractivity contribution >= 4 is 21.4 Å². The Morgan fingerprint density at radius 1 is 1.33 bits per heavy atom. The van der Waals surface area contributed by atoms with Gasteiger partial charge in [0.2, 0.25) is 10.0 Å². The Hall–Kier alpha value is -0.430. The molecule has 1 saturated heterocycles. The molecule has 1 N–H and O–H groups in total. The summed E-state index contributed by atoms with van der Waals surface area (Å²) in [7, 11) is -3.36. The highest BCUT2D eigenvalue weighted by atomic mass is 32.2. The van der Waals surface area contributed by atoms with Crippen molar-refractivity contribution in [1.82, 2.24) is 9.62 Å². The zero-order valence-electron chi connectivity index (χ0n) is 12.7. The summed E-state index contributed by atoms with van der Waals surface area (Å²) in [6, 6.07) is 2.65. The third kappa shape index (κ3) is 3.04. The number of nitrogens with one attached hydrogen (secondary N) is 1. The molecule has 1 aromatic heterocycles. The van der Waals surface area contributed by atoms with Gasteiger partial charge in [0.05, 0.1) is 4.90 Å². The lowest BCUT2D eigenvalue weighted by Gasteiger charge is -2.27. The van der Waals surface area contributed by atoms with E-state index in [1.165, 1.54) is 12.8 Å². The number of sulfonamides is 1. The van der Waals surface area contributed by atoms with Crippen LogP contribution in [-0.4, -0.2) is 30.8 Å². The minimum absolute atomic E-state index is 0.115. The molecule has 2 atom stereocenters. The minimum atomic E-state index is -3.36. The van der Waals surface area contributed by atoms with E-state index in [2.05, 4.69) is 12.2 Å². The van der Waals surface area contributed by atoms with Gasteiger partial charge >= 0.3 is 0 Å². The summed E-state index contributed by atoms with van der Waals surface area (Å²) in [6.45, 7) is 4.78. The highest BCUT2D eigenvalue weighted by Gasteiger charge is 2.40. The van der Waals surface area contributed by atoms with Crippen LogP contribution in [0.1, 0.15) is 50.8 Å². The van der Waals surface area contributed by atoms with E-state index in [0.29, 0.717) is 17.5 Å². The van der Waals surface area contributed by atoms with Gasteiger partial charge in [0.1, 0.15) is 0 Å². The van der Waals surface area contributed by atoms with Crippen LogP contribution >= 0.6 is 11.3 Å². The fraction of sp³-hybridized carbons (Fsp3) is 0.733. The maximum absolute atomic E-state index is 13.1. The summed E-state index contributed by atoms with van der Waals surface area (Å²) >= 11 is 1.55. The van der Waals surface area contributed by atoms with E-state index in [0.717, 1.165) is 24.1 Å². The first-order chi connectivity index (χ1) is 10.0. The van der Waals surface area contributed by atoms with Gasteiger partial charge in [-0.25, -0.2) is 8.42 Å². The molecule has 2 fully saturated rings. The van der Waals surface area contributed by atoms with Crippen molar-refractivity contribution in [2.75, 3.05) is 0 Å². The van der Waals surface area contributed by atoms with Gasteiger partial charge in [-0.15, -0.1) is 11.3 Å². The summed E-state index contributed by atoms with van der Waals surface area (Å²) < 4.78 is 27.9. The topological polar surface area (TPSA) is 49.4 Å². The molecule has 2 heterocycles. The Balaban J connectivity index is 1.85. The minimum Gasteiger partial charge on any atom is -0.309 e. The summed E-state index contributed by atoms with van der Waals surface area (Å²) in [5, 5.41) is 5.33. The Morgan fingerprint density at radius 2 is 2.10 bits per heavy atom. The summed E-state index contributed by atoms with van der Waals surface area (Å²) in [5.74, 6) is 0. The molecule has 1 aliphatic heterocycles. The van der Waals surface area contributed by atoms with E-state index in [9.17, 15) is 8.42 Å². The van der Waals surface area contributed by atoms with Crippen LogP contribution in [0.4, 0.5) is 0 Å². The molecular formula is C15H24N2O2S2. The molecule has 0 spiro atoms. The van der Waals surface area contributed by atoms with Gasteiger partial charge in [0.15, 0.2) is 0 Å². The monoisotopic (exact) mass is 328 g/mol. The molecule has 118 valence electrons. The fourth-order valence-corrected chi connectivity index (χ4v) is 6.51. The standard InChI is InChI=1S/C15H24N2O2S2/c1-3-13-7-4-11(2)17(13)21(18,19)15-8-9-20-14(15)10-16-12-5-6-12/h8-9,11-13,16H,3-7,10H2,1-2H3. The van der Waals surface area contributed by atoms with Crippen molar-refractivity contribution < 1.29 is 8.42 Å². The number of hydrogen-bond donors (Lipinski definition) is 1. The van der Waals surface area contributed by atoms with Gasteiger partial charge < -0.3 is 5.32 Å². The van der Waals surface area contributed by atoms with E-state index in [1.54, 1.807) is 21.7 Å². The van der Waals surface area contributed by atoms with E-state index < -0.39 is 10.0 Å². The largest absolute Gasteiger partial charge is 0.309 e. The molecule has 1 aliphatic carbocycles. The second-order valence-corrected chi connectivity index (χ2v) is 9.00. The van der Waals surface area contributed by atoms with E-state index >= 15 is 0 Å². The maximum Gasteiger partial charge on any atom is 0.244 e. The van der Waals surface area contributed by atoms with Crippen LogP contribution in [-0.2, 0) is 16.6 Å². The van der Waals surface area contributed by atoms with Gasteiger partial charge in [-0.3, -0.25) is 0 Å². The first kappa shape index (κ1) is 15.5. The van der Waals surface area contributed by atoms with Gasteiger partial charge in [0.25, 0.3) is 0 Å². The second-order valence-electron chi connectivity index (χ2n) is 6.19. The van der Waals surface area contributed by atoms with Gasteiger partial charge in [-0.1, -0.05) is 6.92 Å². The zero-order valence-corrected chi connectivity index (χ0v) is 14.3. The molecule has 0 amide bonds. The van der Waals surface area contributed by atoms with Crippen molar-refractivity contribution in [2.45, 2.75) is 75.5 Å². The molecule has 1 aromatic rings. The van der Waals surface area contributed by atoms with Gasteiger partial charge in [-0.05, 0) is 50.5 Å². The summed E-state index contributed by atoms with van der Waals surface area (Å²) in [6.07, 6.45) is 5.28. The predicted octanol–water partition coefficient (Wildman–Crippen LogP) is 2.95. The van der Waals surface area contributed by atoms with Crippen LogP contribution in [0.15, 0.2) is 16.3 Å². The van der Waals surface area contributed by atoms with Gasteiger partial charge in [-0.2, -0.15) is 4.31 Å². The second kappa shape index (κ2) is 5.99. The molecule has 2 unspecified atom stereocenters. The van der Waals surface area contributed by atoms with Gasteiger partial charge in [0, 0.05) is 29.5 Å². The smallest absolute Gasteiger partial charge is 0.244 e. The van der Waals surface area contributed by atoms with E-state index in [-0.39, 0.29) is 12.1 Å². The molecule has 1 saturated carbocycles. The van der Waals surface area contributed by atoms with Crippen LogP contribution < -0.4 is 5.32 Å². The van der Waals surface area contributed by atoms with E-state index in [1.807, 2.05) is 12.3 Å². The Labute approximate surface area is 131 Å².